The molecule has 2 unspecified atom stereocenters. The molecule has 2 atom stereocenters. The molecule has 0 radical (unpaired) electrons. The average molecular weight is 432 g/mol. The Kier molecular flexibility index (Phi) is 7.24. The molecule has 0 bridgehead atoms. The molecule has 1 aromatic carbocycles. The molecule has 28 heavy (non-hydrogen) atoms. The average Bonchev–Trinajstić information content (AvgIpc) is 3.12. The summed E-state index contributed by atoms with van der Waals surface area (Å²) in [6.45, 7) is 3.95. The van der Waals surface area contributed by atoms with Gasteiger partial charge in [0.1, 0.15) is 6.04 Å². The quantitative estimate of drug-likeness (QED) is 0.668. The highest BCUT2D eigenvalue weighted by atomic mass is 32.2. The van der Waals surface area contributed by atoms with Crippen molar-refractivity contribution >= 4 is 26.0 Å². The molecule has 1 heterocycles. The lowest BCUT2D eigenvalue weighted by atomic mass is 10.1. The molecule has 8 nitrogen and oxygen atoms in total. The standard InChI is InChI=1S/C18H29N3O5S2/c1-5-13-27(23,24)21-12-6-7-17(21)18(22)19-14(2)15-8-10-16(11-9-15)28(25,26)20(3)4/h8-11,14,17H,5-7,12-13H2,1-4H3,(H,19,22). The highest BCUT2D eigenvalue weighted by molar-refractivity contribution is 7.89. The van der Waals surface area contributed by atoms with E-state index in [2.05, 4.69) is 5.32 Å². The Labute approximate surface area is 168 Å². The SMILES string of the molecule is CCCS(=O)(=O)N1CCCC1C(=O)NC(C)c1ccc(S(=O)(=O)N(C)C)cc1. The molecule has 1 amide bonds. The second-order valence-electron chi connectivity index (χ2n) is 7.17. The van der Waals surface area contributed by atoms with Gasteiger partial charge in [-0.3, -0.25) is 4.79 Å². The topological polar surface area (TPSA) is 104 Å². The second kappa shape index (κ2) is 8.89. The molecule has 1 fully saturated rings. The Hall–Kier alpha value is -1.49. The number of sulfonamides is 2. The van der Waals surface area contributed by atoms with E-state index in [1.165, 1.54) is 30.5 Å². The van der Waals surface area contributed by atoms with Crippen molar-refractivity contribution in [3.05, 3.63) is 29.8 Å². The molecule has 1 aliphatic heterocycles. The van der Waals surface area contributed by atoms with Crippen LogP contribution in [0.1, 0.15) is 44.7 Å². The number of nitrogens with zero attached hydrogens (tertiary/aromatic N) is 2. The fourth-order valence-electron chi connectivity index (χ4n) is 3.24. The third-order valence-corrected chi connectivity index (χ3v) is 8.75. The van der Waals surface area contributed by atoms with Gasteiger partial charge < -0.3 is 5.32 Å². The highest BCUT2D eigenvalue weighted by Gasteiger charge is 2.38. The van der Waals surface area contributed by atoms with Gasteiger partial charge in [-0.2, -0.15) is 4.31 Å². The number of rotatable bonds is 8. The van der Waals surface area contributed by atoms with E-state index in [1.54, 1.807) is 26.0 Å². The zero-order valence-corrected chi connectivity index (χ0v) is 18.4. The van der Waals surface area contributed by atoms with Crippen LogP contribution in [0.15, 0.2) is 29.2 Å². The van der Waals surface area contributed by atoms with E-state index in [-0.39, 0.29) is 22.6 Å². The van der Waals surface area contributed by atoms with Gasteiger partial charge in [0.25, 0.3) is 0 Å². The molecular weight excluding hydrogens is 402 g/mol. The van der Waals surface area contributed by atoms with Crippen LogP contribution < -0.4 is 5.32 Å². The summed E-state index contributed by atoms with van der Waals surface area (Å²) in [5.41, 5.74) is 0.743. The van der Waals surface area contributed by atoms with Crippen LogP contribution >= 0.6 is 0 Å². The van der Waals surface area contributed by atoms with E-state index < -0.39 is 26.1 Å². The van der Waals surface area contributed by atoms with E-state index in [0.717, 1.165) is 9.87 Å². The first-order valence-corrected chi connectivity index (χ1v) is 12.4. The summed E-state index contributed by atoms with van der Waals surface area (Å²) in [5, 5.41) is 2.86. The number of benzene rings is 1. The fourth-order valence-corrected chi connectivity index (χ4v) is 5.89. The van der Waals surface area contributed by atoms with Crippen LogP contribution in [0, 0.1) is 0 Å². The molecule has 1 aromatic rings. The number of carbonyl (C=O) groups excluding carboxylic acids is 1. The van der Waals surface area contributed by atoms with Crippen molar-refractivity contribution in [3.8, 4) is 0 Å². The van der Waals surface area contributed by atoms with E-state index in [9.17, 15) is 21.6 Å². The van der Waals surface area contributed by atoms with E-state index in [1.807, 2.05) is 0 Å². The minimum absolute atomic E-state index is 0.0359. The summed E-state index contributed by atoms with van der Waals surface area (Å²) >= 11 is 0. The lowest BCUT2D eigenvalue weighted by Crippen LogP contribution is -2.47. The second-order valence-corrected chi connectivity index (χ2v) is 11.4. The largest absolute Gasteiger partial charge is 0.348 e. The molecule has 2 rings (SSSR count). The maximum atomic E-state index is 12.7. The van der Waals surface area contributed by atoms with Crippen molar-refractivity contribution in [2.45, 2.75) is 50.1 Å². The summed E-state index contributed by atoms with van der Waals surface area (Å²) in [6, 6.07) is 5.25. The Bertz CT molecular complexity index is 896. The molecule has 1 saturated heterocycles. The van der Waals surface area contributed by atoms with Crippen LogP contribution in [0.3, 0.4) is 0 Å². The van der Waals surface area contributed by atoms with Crippen LogP contribution in [-0.4, -0.2) is 63.8 Å². The molecule has 10 heteroatoms. The summed E-state index contributed by atoms with van der Waals surface area (Å²) in [4.78, 5) is 12.9. The first-order chi connectivity index (χ1) is 13.0. The van der Waals surface area contributed by atoms with Crippen molar-refractivity contribution in [3.63, 3.8) is 0 Å². The Balaban J connectivity index is 2.10. The summed E-state index contributed by atoms with van der Waals surface area (Å²) in [5.74, 6) is -0.289. The minimum Gasteiger partial charge on any atom is -0.348 e. The van der Waals surface area contributed by atoms with Crippen LogP contribution in [0.2, 0.25) is 0 Å². The predicted molar refractivity (Wildman–Crippen MR) is 108 cm³/mol. The molecule has 1 N–H and O–H groups in total. The van der Waals surface area contributed by atoms with Gasteiger partial charge in [0, 0.05) is 20.6 Å². The summed E-state index contributed by atoms with van der Waals surface area (Å²) in [6.07, 6.45) is 1.67. The van der Waals surface area contributed by atoms with Crippen LogP contribution in [0.5, 0.6) is 0 Å². The van der Waals surface area contributed by atoms with Crippen molar-refractivity contribution < 1.29 is 21.6 Å². The number of hydrogen-bond acceptors (Lipinski definition) is 5. The van der Waals surface area contributed by atoms with Gasteiger partial charge in [0.2, 0.25) is 26.0 Å². The van der Waals surface area contributed by atoms with Gasteiger partial charge in [-0.15, -0.1) is 0 Å². The zero-order chi connectivity index (χ0) is 21.1. The zero-order valence-electron chi connectivity index (χ0n) is 16.8. The Morgan fingerprint density at radius 3 is 2.36 bits per heavy atom. The van der Waals surface area contributed by atoms with Gasteiger partial charge in [-0.25, -0.2) is 21.1 Å². The molecule has 0 saturated carbocycles. The van der Waals surface area contributed by atoms with Gasteiger partial charge >= 0.3 is 0 Å². The normalized spacial score (nSPS) is 19.7. The molecule has 0 spiro atoms. The maximum absolute atomic E-state index is 12.7. The van der Waals surface area contributed by atoms with E-state index >= 15 is 0 Å². The molecule has 158 valence electrons. The third-order valence-electron chi connectivity index (χ3n) is 4.84. The minimum atomic E-state index is -3.51. The lowest BCUT2D eigenvalue weighted by Gasteiger charge is -2.25. The molecule has 1 aliphatic rings. The Morgan fingerprint density at radius 1 is 1.21 bits per heavy atom. The fraction of sp³-hybridized carbons (Fsp3) is 0.611. The van der Waals surface area contributed by atoms with E-state index in [0.29, 0.717) is 25.8 Å². The van der Waals surface area contributed by atoms with Crippen molar-refractivity contribution in [1.82, 2.24) is 13.9 Å². The van der Waals surface area contributed by atoms with E-state index in [4.69, 9.17) is 0 Å². The number of hydrogen-bond donors (Lipinski definition) is 1. The highest BCUT2D eigenvalue weighted by Crippen LogP contribution is 2.24. The predicted octanol–water partition coefficient (Wildman–Crippen LogP) is 1.32. The van der Waals surface area contributed by atoms with Crippen LogP contribution in [0.25, 0.3) is 0 Å². The third kappa shape index (κ3) is 4.91. The van der Waals surface area contributed by atoms with Gasteiger partial charge in [0.15, 0.2) is 0 Å². The smallest absolute Gasteiger partial charge is 0.242 e. The summed E-state index contributed by atoms with van der Waals surface area (Å²) in [7, 11) is -4.02. The molecular formula is C18H29N3O5S2. The van der Waals surface area contributed by atoms with Gasteiger partial charge in [-0.1, -0.05) is 19.1 Å². The number of carbonyl (C=O) groups is 1. The number of amides is 1. The van der Waals surface area contributed by atoms with Gasteiger partial charge in [-0.05, 0) is 43.9 Å². The van der Waals surface area contributed by atoms with Crippen molar-refractivity contribution in [2.24, 2.45) is 0 Å². The van der Waals surface area contributed by atoms with Gasteiger partial charge in [0.05, 0.1) is 16.7 Å². The number of nitrogens with one attached hydrogen (secondary N) is 1. The molecule has 0 aromatic heterocycles. The Morgan fingerprint density at radius 2 is 1.82 bits per heavy atom. The maximum Gasteiger partial charge on any atom is 0.242 e. The monoisotopic (exact) mass is 431 g/mol. The first kappa shape index (κ1) is 22.8. The first-order valence-electron chi connectivity index (χ1n) is 9.33. The van der Waals surface area contributed by atoms with Crippen LogP contribution in [0.4, 0.5) is 0 Å². The van der Waals surface area contributed by atoms with Crippen molar-refractivity contribution in [2.75, 3.05) is 26.4 Å². The summed E-state index contributed by atoms with van der Waals surface area (Å²) < 4.78 is 51.5. The molecule has 0 aliphatic carbocycles. The van der Waals surface area contributed by atoms with Crippen molar-refractivity contribution in [1.29, 1.82) is 0 Å². The lowest BCUT2D eigenvalue weighted by molar-refractivity contribution is -0.124. The van der Waals surface area contributed by atoms with Crippen LogP contribution in [-0.2, 0) is 24.8 Å².